The number of aromatic nitrogens is 1. The zero-order chi connectivity index (χ0) is 20.4. The van der Waals surface area contributed by atoms with E-state index in [1.54, 1.807) is 12.4 Å². The van der Waals surface area contributed by atoms with Crippen molar-refractivity contribution in [2.75, 3.05) is 39.3 Å². The van der Waals surface area contributed by atoms with Crippen LogP contribution in [0.2, 0.25) is 0 Å². The minimum atomic E-state index is -0.130. The molecule has 1 spiro atoms. The Morgan fingerprint density at radius 2 is 1.73 bits per heavy atom. The second-order valence-electron chi connectivity index (χ2n) is 9.22. The van der Waals surface area contributed by atoms with E-state index in [1.807, 2.05) is 41.3 Å². The zero-order valence-electron chi connectivity index (χ0n) is 17.6. The Morgan fingerprint density at radius 1 is 1.00 bits per heavy atom. The van der Waals surface area contributed by atoms with Crippen LogP contribution in [0.4, 0.5) is 0 Å². The molecule has 5 rings (SSSR count). The summed E-state index contributed by atoms with van der Waals surface area (Å²) in [5, 5.41) is 0. The highest BCUT2D eigenvalue weighted by atomic mass is 16.5. The van der Waals surface area contributed by atoms with Gasteiger partial charge in [-0.15, -0.1) is 0 Å². The van der Waals surface area contributed by atoms with Gasteiger partial charge in [-0.25, -0.2) is 0 Å². The standard InChI is InChI=1S/C25H31N3O2/c29-24(23-6-4-21(5-7-23)22-8-11-26-12-9-22)28-15-3-10-25(19-28)16-20(18-30-25)17-27-13-1-2-14-27/h4-9,11-12,20H,1-3,10,13-19H2. The molecule has 5 nitrogen and oxygen atoms in total. The molecule has 0 saturated carbocycles. The molecule has 2 unspecified atom stereocenters. The lowest BCUT2D eigenvalue weighted by Gasteiger charge is -2.40. The zero-order valence-corrected chi connectivity index (χ0v) is 17.6. The first-order chi connectivity index (χ1) is 14.7. The molecule has 3 aliphatic rings. The first-order valence-electron chi connectivity index (χ1n) is 11.4. The van der Waals surface area contributed by atoms with Crippen molar-refractivity contribution in [3.63, 3.8) is 0 Å². The molecule has 1 aromatic heterocycles. The van der Waals surface area contributed by atoms with Gasteiger partial charge in [0.15, 0.2) is 0 Å². The smallest absolute Gasteiger partial charge is 0.253 e. The molecule has 1 amide bonds. The molecule has 0 N–H and O–H groups in total. The summed E-state index contributed by atoms with van der Waals surface area (Å²) in [7, 11) is 0. The first-order valence-corrected chi connectivity index (χ1v) is 11.4. The molecule has 0 radical (unpaired) electrons. The van der Waals surface area contributed by atoms with E-state index < -0.39 is 0 Å². The van der Waals surface area contributed by atoms with E-state index in [2.05, 4.69) is 9.88 Å². The third-order valence-electron chi connectivity index (χ3n) is 6.97. The van der Waals surface area contributed by atoms with E-state index in [9.17, 15) is 4.79 Å². The number of benzene rings is 1. The Labute approximate surface area is 179 Å². The van der Waals surface area contributed by atoms with E-state index in [-0.39, 0.29) is 11.5 Å². The fourth-order valence-corrected chi connectivity index (χ4v) is 5.47. The summed E-state index contributed by atoms with van der Waals surface area (Å²) in [5.74, 6) is 0.736. The topological polar surface area (TPSA) is 45.7 Å². The van der Waals surface area contributed by atoms with Crippen LogP contribution in [0.15, 0.2) is 48.8 Å². The van der Waals surface area contributed by atoms with Crippen molar-refractivity contribution in [2.24, 2.45) is 5.92 Å². The molecule has 0 bridgehead atoms. The number of pyridine rings is 1. The minimum Gasteiger partial charge on any atom is -0.373 e. The van der Waals surface area contributed by atoms with Crippen LogP contribution >= 0.6 is 0 Å². The lowest BCUT2D eigenvalue weighted by molar-refractivity contribution is -0.0450. The van der Waals surface area contributed by atoms with Crippen LogP contribution in [-0.2, 0) is 4.74 Å². The largest absolute Gasteiger partial charge is 0.373 e. The molecule has 30 heavy (non-hydrogen) atoms. The predicted molar refractivity (Wildman–Crippen MR) is 117 cm³/mol. The highest BCUT2D eigenvalue weighted by Gasteiger charge is 2.44. The SMILES string of the molecule is O=C(c1ccc(-c2ccncc2)cc1)N1CCCC2(CC(CN3CCCC3)CO2)C1. The van der Waals surface area contributed by atoms with Gasteiger partial charge in [0.05, 0.1) is 12.2 Å². The van der Waals surface area contributed by atoms with Gasteiger partial charge in [-0.05, 0) is 86.5 Å². The number of likely N-dealkylation sites (tertiary alicyclic amines) is 2. The van der Waals surface area contributed by atoms with Gasteiger partial charge in [0.1, 0.15) is 0 Å². The van der Waals surface area contributed by atoms with E-state index in [4.69, 9.17) is 4.74 Å². The molecule has 1 aromatic carbocycles. The second-order valence-corrected chi connectivity index (χ2v) is 9.22. The number of amides is 1. The predicted octanol–water partition coefficient (Wildman–Crippen LogP) is 3.86. The number of carbonyl (C=O) groups is 1. The molecule has 3 fully saturated rings. The number of piperidine rings is 1. The Bertz CT molecular complexity index is 864. The van der Waals surface area contributed by atoms with Crippen molar-refractivity contribution < 1.29 is 9.53 Å². The summed E-state index contributed by atoms with van der Waals surface area (Å²) in [5.41, 5.74) is 2.85. The Balaban J connectivity index is 1.23. The van der Waals surface area contributed by atoms with Gasteiger partial charge >= 0.3 is 0 Å². The normalized spacial score (nSPS) is 27.1. The number of carbonyl (C=O) groups excluding carboxylic acids is 1. The molecule has 2 aromatic rings. The number of hydrogen-bond donors (Lipinski definition) is 0. The molecule has 4 heterocycles. The summed E-state index contributed by atoms with van der Waals surface area (Å²) in [4.78, 5) is 21.9. The van der Waals surface area contributed by atoms with Crippen molar-refractivity contribution in [3.05, 3.63) is 54.4 Å². The van der Waals surface area contributed by atoms with Crippen LogP contribution in [0.1, 0.15) is 42.5 Å². The van der Waals surface area contributed by atoms with Gasteiger partial charge in [-0.2, -0.15) is 0 Å². The lowest BCUT2D eigenvalue weighted by atomic mass is 9.86. The third-order valence-corrected chi connectivity index (χ3v) is 6.97. The molecular formula is C25H31N3O2. The number of hydrogen-bond acceptors (Lipinski definition) is 4. The highest BCUT2D eigenvalue weighted by Crippen LogP contribution is 2.38. The summed E-state index contributed by atoms with van der Waals surface area (Å²) >= 11 is 0. The maximum atomic E-state index is 13.2. The van der Waals surface area contributed by atoms with Crippen molar-refractivity contribution in [3.8, 4) is 11.1 Å². The molecule has 0 aliphatic carbocycles. The monoisotopic (exact) mass is 405 g/mol. The van der Waals surface area contributed by atoms with Gasteiger partial charge in [0.2, 0.25) is 0 Å². The molecule has 3 aliphatic heterocycles. The van der Waals surface area contributed by atoms with Crippen molar-refractivity contribution >= 4 is 5.91 Å². The van der Waals surface area contributed by atoms with Crippen LogP contribution in [0, 0.1) is 5.92 Å². The summed E-state index contributed by atoms with van der Waals surface area (Å²) in [6.07, 6.45) is 9.45. The minimum absolute atomic E-state index is 0.127. The summed E-state index contributed by atoms with van der Waals surface area (Å²) in [6.45, 7) is 6.04. The average molecular weight is 406 g/mol. The maximum absolute atomic E-state index is 13.2. The Kier molecular flexibility index (Phi) is 5.57. The molecule has 3 saturated heterocycles. The van der Waals surface area contributed by atoms with Crippen LogP contribution in [0.3, 0.4) is 0 Å². The van der Waals surface area contributed by atoms with Gasteiger partial charge < -0.3 is 14.5 Å². The third kappa shape index (κ3) is 4.14. The molecule has 158 valence electrons. The maximum Gasteiger partial charge on any atom is 0.253 e. The molecule has 5 heteroatoms. The first kappa shape index (κ1) is 19.7. The van der Waals surface area contributed by atoms with Gasteiger partial charge in [0, 0.05) is 37.6 Å². The Hall–Kier alpha value is -2.24. The van der Waals surface area contributed by atoms with Crippen molar-refractivity contribution in [1.29, 1.82) is 0 Å². The van der Waals surface area contributed by atoms with Crippen LogP contribution in [-0.4, -0.2) is 65.6 Å². The second kappa shape index (κ2) is 8.48. The summed E-state index contributed by atoms with van der Waals surface area (Å²) < 4.78 is 6.37. The molecule has 2 atom stereocenters. The van der Waals surface area contributed by atoms with E-state index in [0.29, 0.717) is 5.92 Å². The lowest BCUT2D eigenvalue weighted by Crippen LogP contribution is -2.50. The number of rotatable bonds is 4. The van der Waals surface area contributed by atoms with Crippen LogP contribution in [0.25, 0.3) is 11.1 Å². The fourth-order valence-electron chi connectivity index (χ4n) is 5.47. The quantitative estimate of drug-likeness (QED) is 0.775. The average Bonchev–Trinajstić information content (AvgIpc) is 3.44. The van der Waals surface area contributed by atoms with Gasteiger partial charge in [-0.1, -0.05) is 12.1 Å². The van der Waals surface area contributed by atoms with Crippen molar-refractivity contribution in [1.82, 2.24) is 14.8 Å². The van der Waals surface area contributed by atoms with Crippen LogP contribution in [0.5, 0.6) is 0 Å². The van der Waals surface area contributed by atoms with E-state index in [1.165, 1.54) is 25.9 Å². The van der Waals surface area contributed by atoms with Crippen LogP contribution < -0.4 is 0 Å². The van der Waals surface area contributed by atoms with Crippen molar-refractivity contribution in [2.45, 2.75) is 37.7 Å². The number of nitrogens with zero attached hydrogens (tertiary/aromatic N) is 3. The van der Waals surface area contributed by atoms with E-state index >= 15 is 0 Å². The van der Waals surface area contributed by atoms with Gasteiger partial charge in [0.25, 0.3) is 5.91 Å². The highest BCUT2D eigenvalue weighted by molar-refractivity contribution is 5.94. The van der Waals surface area contributed by atoms with Gasteiger partial charge in [-0.3, -0.25) is 9.78 Å². The summed E-state index contributed by atoms with van der Waals surface area (Å²) in [6, 6.07) is 11.9. The number of ether oxygens (including phenoxy) is 1. The van der Waals surface area contributed by atoms with E-state index in [0.717, 1.165) is 62.2 Å². The molecular weight excluding hydrogens is 374 g/mol. The Morgan fingerprint density at radius 3 is 2.50 bits per heavy atom. The fraction of sp³-hybridized carbons (Fsp3) is 0.520.